The highest BCUT2D eigenvalue weighted by atomic mass is 16.6. The summed E-state index contributed by atoms with van der Waals surface area (Å²) in [6.07, 6.45) is 1.39. The van der Waals surface area contributed by atoms with Gasteiger partial charge in [-0.1, -0.05) is 6.07 Å². The Hall–Kier alpha value is -3.16. The number of benzene rings is 1. The van der Waals surface area contributed by atoms with E-state index in [2.05, 4.69) is 10.3 Å². The normalized spacial score (nSPS) is 10.2. The van der Waals surface area contributed by atoms with Gasteiger partial charge in [0.15, 0.2) is 5.75 Å². The summed E-state index contributed by atoms with van der Waals surface area (Å²) in [5, 5.41) is 32.1. The lowest BCUT2D eigenvalue weighted by Gasteiger charge is -2.06. The van der Waals surface area contributed by atoms with Gasteiger partial charge in [0.1, 0.15) is 5.82 Å². The van der Waals surface area contributed by atoms with Crippen LogP contribution in [0.2, 0.25) is 0 Å². The van der Waals surface area contributed by atoms with Crippen molar-refractivity contribution >= 4 is 17.4 Å². The number of nitro groups is 1. The Morgan fingerprint density at radius 2 is 2.09 bits per heavy atom. The molecule has 0 saturated carbocycles. The standard InChI is InChI=1S/C14H13N3O5/c1-8-2-3-12(15-7-8)16-13(19)6-9-4-10(17(21)22)14(20)11(18)5-9/h2-5,7,18,20H,6H2,1H3,(H,15,16,19). The van der Waals surface area contributed by atoms with Crippen molar-refractivity contribution in [3.8, 4) is 11.5 Å². The Labute approximate surface area is 125 Å². The molecule has 3 N–H and O–H groups in total. The van der Waals surface area contributed by atoms with E-state index in [1.807, 2.05) is 6.92 Å². The van der Waals surface area contributed by atoms with Gasteiger partial charge in [0.2, 0.25) is 11.7 Å². The fourth-order valence-electron chi connectivity index (χ4n) is 1.82. The summed E-state index contributed by atoms with van der Waals surface area (Å²) in [4.78, 5) is 25.8. The molecule has 1 aromatic carbocycles. The van der Waals surface area contributed by atoms with E-state index in [0.29, 0.717) is 5.82 Å². The quantitative estimate of drug-likeness (QED) is 0.450. The second-order valence-corrected chi connectivity index (χ2v) is 4.69. The number of anilines is 1. The monoisotopic (exact) mass is 303 g/mol. The van der Waals surface area contributed by atoms with Crippen LogP contribution in [0.15, 0.2) is 30.5 Å². The summed E-state index contributed by atoms with van der Waals surface area (Å²) < 4.78 is 0. The fourth-order valence-corrected chi connectivity index (χ4v) is 1.82. The van der Waals surface area contributed by atoms with Crippen molar-refractivity contribution in [3.63, 3.8) is 0 Å². The molecule has 114 valence electrons. The molecule has 1 amide bonds. The molecule has 0 aliphatic carbocycles. The number of carbonyl (C=O) groups is 1. The molecule has 2 rings (SSSR count). The van der Waals surface area contributed by atoms with Gasteiger partial charge < -0.3 is 15.5 Å². The molecule has 0 bridgehead atoms. The molecule has 8 nitrogen and oxygen atoms in total. The molecule has 1 heterocycles. The summed E-state index contributed by atoms with van der Waals surface area (Å²) in [7, 11) is 0. The van der Waals surface area contributed by atoms with E-state index < -0.39 is 28.0 Å². The molecule has 0 saturated heterocycles. The first-order valence-electron chi connectivity index (χ1n) is 6.28. The second kappa shape index (κ2) is 6.08. The predicted octanol–water partition coefficient (Wildman–Crippen LogP) is 1.89. The molecular formula is C14H13N3O5. The average molecular weight is 303 g/mol. The van der Waals surface area contributed by atoms with Gasteiger partial charge in [-0.3, -0.25) is 14.9 Å². The Morgan fingerprint density at radius 1 is 1.36 bits per heavy atom. The number of hydrogen-bond donors (Lipinski definition) is 3. The highest BCUT2D eigenvalue weighted by Gasteiger charge is 2.19. The van der Waals surface area contributed by atoms with Crippen LogP contribution in [0.1, 0.15) is 11.1 Å². The second-order valence-electron chi connectivity index (χ2n) is 4.69. The topological polar surface area (TPSA) is 126 Å². The highest BCUT2D eigenvalue weighted by Crippen LogP contribution is 2.36. The predicted molar refractivity (Wildman–Crippen MR) is 77.7 cm³/mol. The SMILES string of the molecule is Cc1ccc(NC(=O)Cc2cc(O)c(O)c([N+](=O)[O-])c2)nc1. The van der Waals surface area contributed by atoms with Gasteiger partial charge >= 0.3 is 5.69 Å². The van der Waals surface area contributed by atoms with Crippen LogP contribution in [-0.2, 0) is 11.2 Å². The summed E-state index contributed by atoms with van der Waals surface area (Å²) in [5.74, 6) is -1.57. The third-order valence-electron chi connectivity index (χ3n) is 2.87. The minimum Gasteiger partial charge on any atom is -0.504 e. The van der Waals surface area contributed by atoms with Gasteiger partial charge in [0.25, 0.3) is 0 Å². The lowest BCUT2D eigenvalue weighted by molar-refractivity contribution is -0.386. The number of nitrogens with one attached hydrogen (secondary N) is 1. The number of nitro benzene ring substituents is 1. The summed E-state index contributed by atoms with van der Waals surface area (Å²) in [5.41, 5.74) is 0.486. The molecule has 2 aromatic rings. The maximum atomic E-state index is 11.9. The number of hydrogen-bond acceptors (Lipinski definition) is 6. The molecule has 0 fully saturated rings. The molecule has 8 heteroatoms. The van der Waals surface area contributed by atoms with E-state index in [-0.39, 0.29) is 12.0 Å². The number of aromatic hydroxyl groups is 2. The molecule has 0 aliphatic heterocycles. The minimum atomic E-state index is -0.835. The van der Waals surface area contributed by atoms with Crippen LogP contribution < -0.4 is 5.32 Å². The van der Waals surface area contributed by atoms with Crippen LogP contribution in [0, 0.1) is 17.0 Å². The third kappa shape index (κ3) is 3.48. The fraction of sp³-hybridized carbons (Fsp3) is 0.143. The first-order chi connectivity index (χ1) is 10.4. The number of aryl methyl sites for hydroxylation is 1. The van der Waals surface area contributed by atoms with E-state index in [9.17, 15) is 25.1 Å². The van der Waals surface area contributed by atoms with Gasteiger partial charge in [0, 0.05) is 12.3 Å². The van der Waals surface area contributed by atoms with E-state index in [4.69, 9.17) is 0 Å². The van der Waals surface area contributed by atoms with Crippen LogP contribution in [0.25, 0.3) is 0 Å². The zero-order chi connectivity index (χ0) is 16.3. The van der Waals surface area contributed by atoms with Crippen LogP contribution in [-0.4, -0.2) is 26.0 Å². The van der Waals surface area contributed by atoms with Crippen molar-refractivity contribution in [1.29, 1.82) is 0 Å². The van der Waals surface area contributed by atoms with E-state index in [1.165, 1.54) is 0 Å². The first-order valence-corrected chi connectivity index (χ1v) is 6.28. The summed E-state index contributed by atoms with van der Waals surface area (Å²) in [6.45, 7) is 1.86. The number of nitrogens with zero attached hydrogens (tertiary/aromatic N) is 2. The Kier molecular flexibility index (Phi) is 4.21. The minimum absolute atomic E-state index is 0.201. The maximum Gasteiger partial charge on any atom is 0.314 e. The highest BCUT2D eigenvalue weighted by molar-refractivity contribution is 5.91. The lowest BCUT2D eigenvalue weighted by Crippen LogP contribution is -2.15. The van der Waals surface area contributed by atoms with Gasteiger partial charge in [0.05, 0.1) is 11.3 Å². The molecule has 1 aromatic heterocycles. The van der Waals surface area contributed by atoms with E-state index in [0.717, 1.165) is 17.7 Å². The molecule has 0 radical (unpaired) electrons. The smallest absolute Gasteiger partial charge is 0.314 e. The summed E-state index contributed by atoms with van der Waals surface area (Å²) >= 11 is 0. The van der Waals surface area contributed by atoms with Crippen molar-refractivity contribution in [2.45, 2.75) is 13.3 Å². The molecule has 22 heavy (non-hydrogen) atoms. The van der Waals surface area contributed by atoms with Crippen molar-refractivity contribution in [3.05, 3.63) is 51.7 Å². The van der Waals surface area contributed by atoms with Gasteiger partial charge in [-0.05, 0) is 30.2 Å². The number of phenolic OH excluding ortho intramolecular Hbond substituents is 2. The van der Waals surface area contributed by atoms with Crippen molar-refractivity contribution in [2.75, 3.05) is 5.32 Å². The maximum absolute atomic E-state index is 11.9. The van der Waals surface area contributed by atoms with Crippen molar-refractivity contribution < 1.29 is 19.9 Å². The zero-order valence-electron chi connectivity index (χ0n) is 11.6. The number of phenols is 2. The number of rotatable bonds is 4. The van der Waals surface area contributed by atoms with Gasteiger partial charge in [-0.25, -0.2) is 4.98 Å². The lowest BCUT2D eigenvalue weighted by atomic mass is 10.1. The molecule has 0 spiro atoms. The van der Waals surface area contributed by atoms with E-state index >= 15 is 0 Å². The van der Waals surface area contributed by atoms with Crippen molar-refractivity contribution in [1.82, 2.24) is 4.98 Å². The number of aromatic nitrogens is 1. The van der Waals surface area contributed by atoms with Crippen LogP contribution in [0.3, 0.4) is 0 Å². The Bertz CT molecular complexity index is 728. The van der Waals surface area contributed by atoms with E-state index in [1.54, 1.807) is 18.3 Å². The van der Waals surface area contributed by atoms with Gasteiger partial charge in [-0.15, -0.1) is 0 Å². The molecule has 0 atom stereocenters. The van der Waals surface area contributed by atoms with Crippen molar-refractivity contribution in [2.24, 2.45) is 0 Å². The molecule has 0 aliphatic rings. The third-order valence-corrected chi connectivity index (χ3v) is 2.87. The van der Waals surface area contributed by atoms with Crippen LogP contribution in [0.5, 0.6) is 11.5 Å². The average Bonchev–Trinajstić information content (AvgIpc) is 2.44. The molecular weight excluding hydrogens is 290 g/mol. The Morgan fingerprint density at radius 3 is 2.68 bits per heavy atom. The van der Waals surface area contributed by atoms with Gasteiger partial charge in [-0.2, -0.15) is 0 Å². The first kappa shape index (κ1) is 15.2. The van der Waals surface area contributed by atoms with Crippen LogP contribution in [0.4, 0.5) is 11.5 Å². The number of pyridine rings is 1. The number of carbonyl (C=O) groups excluding carboxylic acids is 1. The molecule has 0 unspecified atom stereocenters. The summed E-state index contributed by atoms with van der Waals surface area (Å²) in [6, 6.07) is 5.55. The Balaban J connectivity index is 2.14. The van der Waals surface area contributed by atoms with Crippen LogP contribution >= 0.6 is 0 Å². The largest absolute Gasteiger partial charge is 0.504 e. The zero-order valence-corrected chi connectivity index (χ0v) is 11.6. The number of amides is 1.